The maximum Gasteiger partial charge on any atom is 0.261 e. The molecule has 3 N–H and O–H groups in total. The Kier molecular flexibility index (Phi) is 4.10. The van der Waals surface area contributed by atoms with Gasteiger partial charge in [0.25, 0.3) is 11.5 Å². The summed E-state index contributed by atoms with van der Waals surface area (Å²) < 4.78 is 1.74. The van der Waals surface area contributed by atoms with Crippen LogP contribution in [-0.2, 0) is 17.8 Å². The molecule has 0 fully saturated rings. The molecule has 1 aliphatic heterocycles. The average Bonchev–Trinajstić information content (AvgIpc) is 2.77. The van der Waals surface area contributed by atoms with E-state index in [0.29, 0.717) is 23.0 Å². The molecule has 0 unspecified atom stereocenters. The monoisotopic (exact) mass is 314 g/mol. The van der Waals surface area contributed by atoms with Crippen molar-refractivity contribution >= 4 is 22.7 Å². The Morgan fingerprint density at radius 3 is 2.87 bits per heavy atom. The number of primary amides is 1. The number of carbonyl (C=O) groups excluding carboxylic acids is 2. The van der Waals surface area contributed by atoms with Crippen LogP contribution in [0.4, 0.5) is 0 Å². The van der Waals surface area contributed by atoms with E-state index in [9.17, 15) is 14.4 Å². The van der Waals surface area contributed by atoms with Crippen LogP contribution in [0.25, 0.3) is 10.9 Å². The minimum atomic E-state index is -0.610. The van der Waals surface area contributed by atoms with E-state index in [1.54, 1.807) is 22.8 Å². The summed E-state index contributed by atoms with van der Waals surface area (Å²) in [5.41, 5.74) is 5.81. The van der Waals surface area contributed by atoms with Crippen molar-refractivity contribution in [2.45, 2.75) is 32.2 Å². The molecule has 7 heteroatoms. The molecule has 23 heavy (non-hydrogen) atoms. The van der Waals surface area contributed by atoms with Gasteiger partial charge in [-0.3, -0.25) is 19.0 Å². The molecule has 2 heterocycles. The van der Waals surface area contributed by atoms with Crippen molar-refractivity contribution in [3.63, 3.8) is 0 Å². The second-order valence-electron chi connectivity index (χ2n) is 5.68. The number of hydrogen-bond acceptors (Lipinski definition) is 4. The SMILES string of the molecule is NC(=O)CNC(=O)c1ccc2c(=O)n3c(nc2c1)CCCCC3. The molecule has 1 aliphatic rings. The summed E-state index contributed by atoms with van der Waals surface area (Å²) in [6.07, 6.45) is 3.84. The van der Waals surface area contributed by atoms with E-state index < -0.39 is 11.8 Å². The predicted octanol–water partition coefficient (Wildman–Crippen LogP) is 0.338. The number of nitrogens with two attached hydrogens (primary N) is 1. The van der Waals surface area contributed by atoms with Crippen LogP contribution in [0.2, 0.25) is 0 Å². The first-order valence-corrected chi connectivity index (χ1v) is 7.66. The van der Waals surface area contributed by atoms with Crippen molar-refractivity contribution in [3.05, 3.63) is 39.9 Å². The van der Waals surface area contributed by atoms with E-state index in [-0.39, 0.29) is 12.1 Å². The first kappa shape index (κ1) is 15.2. The van der Waals surface area contributed by atoms with Crippen molar-refractivity contribution in [2.75, 3.05) is 6.54 Å². The van der Waals surface area contributed by atoms with Crippen LogP contribution in [0, 0.1) is 0 Å². The lowest BCUT2D eigenvalue weighted by Gasteiger charge is -2.10. The molecular formula is C16H18N4O3. The maximum atomic E-state index is 12.6. The molecule has 1 aromatic heterocycles. The van der Waals surface area contributed by atoms with Crippen molar-refractivity contribution in [3.8, 4) is 0 Å². The standard InChI is InChI=1S/C16H18N4O3/c17-13(21)9-18-15(22)10-5-6-11-12(8-10)19-14-4-2-1-3-7-20(14)16(11)23/h5-6,8H,1-4,7,9H2,(H2,17,21)(H,18,22). The number of fused-ring (bicyclic) bond motifs is 2. The molecule has 2 aromatic rings. The van der Waals surface area contributed by atoms with Gasteiger partial charge in [-0.2, -0.15) is 0 Å². The number of carbonyl (C=O) groups is 2. The van der Waals surface area contributed by atoms with Gasteiger partial charge in [0.1, 0.15) is 5.82 Å². The fraction of sp³-hybridized carbons (Fsp3) is 0.375. The summed E-state index contributed by atoms with van der Waals surface area (Å²) in [4.78, 5) is 39.9. The van der Waals surface area contributed by atoms with Crippen molar-refractivity contribution in [1.29, 1.82) is 0 Å². The van der Waals surface area contributed by atoms with Crippen LogP contribution in [0.3, 0.4) is 0 Å². The summed E-state index contributed by atoms with van der Waals surface area (Å²) in [6, 6.07) is 4.76. The highest BCUT2D eigenvalue weighted by Crippen LogP contribution is 2.16. The number of aromatic nitrogens is 2. The Bertz CT molecular complexity index is 841. The molecule has 0 atom stereocenters. The van der Waals surface area contributed by atoms with E-state index in [1.807, 2.05) is 0 Å². The number of nitrogens with zero attached hydrogens (tertiary/aromatic N) is 2. The zero-order valence-corrected chi connectivity index (χ0v) is 12.7. The smallest absolute Gasteiger partial charge is 0.261 e. The maximum absolute atomic E-state index is 12.6. The Morgan fingerprint density at radius 1 is 1.26 bits per heavy atom. The van der Waals surface area contributed by atoms with Gasteiger partial charge in [0.05, 0.1) is 17.4 Å². The fourth-order valence-corrected chi connectivity index (χ4v) is 2.83. The van der Waals surface area contributed by atoms with Crippen molar-refractivity contribution in [1.82, 2.24) is 14.9 Å². The van der Waals surface area contributed by atoms with Gasteiger partial charge in [-0.25, -0.2) is 4.98 Å². The summed E-state index contributed by atoms with van der Waals surface area (Å²) >= 11 is 0. The normalized spacial score (nSPS) is 14.1. The molecule has 0 aliphatic carbocycles. The summed E-state index contributed by atoms with van der Waals surface area (Å²) in [7, 11) is 0. The third-order valence-corrected chi connectivity index (χ3v) is 4.00. The summed E-state index contributed by atoms with van der Waals surface area (Å²) in [5.74, 6) is -0.252. The molecule has 0 bridgehead atoms. The van der Waals surface area contributed by atoms with Gasteiger partial charge < -0.3 is 11.1 Å². The minimum absolute atomic E-state index is 0.0593. The molecule has 120 valence electrons. The largest absolute Gasteiger partial charge is 0.368 e. The molecule has 3 rings (SSSR count). The molecule has 7 nitrogen and oxygen atoms in total. The Morgan fingerprint density at radius 2 is 2.09 bits per heavy atom. The Balaban J connectivity index is 2.01. The number of hydrogen-bond donors (Lipinski definition) is 2. The zero-order valence-electron chi connectivity index (χ0n) is 12.7. The molecule has 0 saturated heterocycles. The van der Waals surface area contributed by atoms with Crippen LogP contribution >= 0.6 is 0 Å². The first-order chi connectivity index (χ1) is 11.1. The van der Waals surface area contributed by atoms with Gasteiger partial charge in [-0.05, 0) is 31.0 Å². The van der Waals surface area contributed by atoms with E-state index in [0.717, 1.165) is 31.5 Å². The molecule has 0 spiro atoms. The van der Waals surface area contributed by atoms with Gasteiger partial charge >= 0.3 is 0 Å². The summed E-state index contributed by atoms with van der Waals surface area (Å²) in [5, 5.41) is 2.93. The highest BCUT2D eigenvalue weighted by atomic mass is 16.2. The van der Waals surface area contributed by atoms with Gasteiger partial charge in [0.15, 0.2) is 0 Å². The molecule has 0 radical (unpaired) electrons. The molecule has 0 saturated carbocycles. The minimum Gasteiger partial charge on any atom is -0.368 e. The lowest BCUT2D eigenvalue weighted by Crippen LogP contribution is -2.33. The number of aryl methyl sites for hydroxylation is 1. The third kappa shape index (κ3) is 3.08. The number of amides is 2. The predicted molar refractivity (Wildman–Crippen MR) is 85.1 cm³/mol. The second-order valence-corrected chi connectivity index (χ2v) is 5.68. The summed E-state index contributed by atoms with van der Waals surface area (Å²) in [6.45, 7) is 0.467. The fourth-order valence-electron chi connectivity index (χ4n) is 2.83. The second kappa shape index (κ2) is 6.20. The Labute approximate surface area is 132 Å². The van der Waals surface area contributed by atoms with E-state index >= 15 is 0 Å². The van der Waals surface area contributed by atoms with E-state index in [4.69, 9.17) is 5.73 Å². The number of rotatable bonds is 3. The van der Waals surface area contributed by atoms with Crippen LogP contribution < -0.4 is 16.6 Å². The van der Waals surface area contributed by atoms with Crippen LogP contribution in [0.15, 0.2) is 23.0 Å². The Hall–Kier alpha value is -2.70. The number of nitrogens with one attached hydrogen (secondary N) is 1. The zero-order chi connectivity index (χ0) is 16.4. The quantitative estimate of drug-likeness (QED) is 0.851. The van der Waals surface area contributed by atoms with E-state index in [1.165, 1.54) is 0 Å². The topological polar surface area (TPSA) is 107 Å². The van der Waals surface area contributed by atoms with E-state index in [2.05, 4.69) is 10.3 Å². The highest BCUT2D eigenvalue weighted by Gasteiger charge is 2.15. The highest BCUT2D eigenvalue weighted by molar-refractivity contribution is 5.99. The lowest BCUT2D eigenvalue weighted by atomic mass is 10.1. The van der Waals surface area contributed by atoms with Crippen LogP contribution in [-0.4, -0.2) is 27.9 Å². The molecule has 1 aromatic carbocycles. The van der Waals surface area contributed by atoms with Crippen LogP contribution in [0.5, 0.6) is 0 Å². The molecular weight excluding hydrogens is 296 g/mol. The average molecular weight is 314 g/mol. The molecule has 2 amide bonds. The van der Waals surface area contributed by atoms with Crippen molar-refractivity contribution < 1.29 is 9.59 Å². The first-order valence-electron chi connectivity index (χ1n) is 7.66. The number of benzene rings is 1. The van der Waals surface area contributed by atoms with Gasteiger partial charge in [-0.1, -0.05) is 6.42 Å². The lowest BCUT2D eigenvalue weighted by molar-refractivity contribution is -0.117. The van der Waals surface area contributed by atoms with Gasteiger partial charge in [0, 0.05) is 18.5 Å². The van der Waals surface area contributed by atoms with Crippen LogP contribution in [0.1, 0.15) is 35.4 Å². The van der Waals surface area contributed by atoms with Gasteiger partial charge in [-0.15, -0.1) is 0 Å². The third-order valence-electron chi connectivity index (χ3n) is 4.00. The van der Waals surface area contributed by atoms with Crippen molar-refractivity contribution in [2.24, 2.45) is 5.73 Å². The van der Waals surface area contributed by atoms with Gasteiger partial charge in [0.2, 0.25) is 5.91 Å².